The SMILES string of the molecule is Clc1nc(-c2ccccc2)nc(-c2ccc3c(c2)C2(c4ccccc4-3)c3ccccc3-c3ccc(-c4nc(Cl)nc(-c5ccccc5)n4)cc32)n1. The van der Waals surface area contributed by atoms with Crippen molar-refractivity contribution in [1.29, 1.82) is 0 Å². The monoisotopic (exact) mass is 694 g/mol. The van der Waals surface area contributed by atoms with Crippen molar-refractivity contribution in [1.82, 2.24) is 29.9 Å². The number of halogens is 2. The minimum Gasteiger partial charge on any atom is -0.208 e. The van der Waals surface area contributed by atoms with E-state index < -0.39 is 5.41 Å². The number of benzene rings is 6. The molecule has 51 heavy (non-hydrogen) atoms. The number of hydrogen-bond acceptors (Lipinski definition) is 6. The van der Waals surface area contributed by atoms with Gasteiger partial charge in [0.2, 0.25) is 10.6 Å². The Morgan fingerprint density at radius 3 is 1.10 bits per heavy atom. The van der Waals surface area contributed by atoms with Crippen molar-refractivity contribution in [3.63, 3.8) is 0 Å². The van der Waals surface area contributed by atoms with E-state index in [9.17, 15) is 0 Å². The third-order valence-corrected chi connectivity index (χ3v) is 10.2. The van der Waals surface area contributed by atoms with Crippen molar-refractivity contribution in [2.75, 3.05) is 0 Å². The van der Waals surface area contributed by atoms with Crippen LogP contribution in [0.1, 0.15) is 22.3 Å². The molecule has 0 saturated carbocycles. The van der Waals surface area contributed by atoms with Crippen molar-refractivity contribution < 1.29 is 0 Å². The molecule has 0 unspecified atom stereocenters. The lowest BCUT2D eigenvalue weighted by Crippen LogP contribution is -2.26. The summed E-state index contributed by atoms with van der Waals surface area (Å²) < 4.78 is 0. The molecule has 0 aliphatic heterocycles. The first-order valence-corrected chi connectivity index (χ1v) is 17.3. The minimum atomic E-state index is -0.637. The molecule has 0 radical (unpaired) electrons. The Labute approximate surface area is 303 Å². The van der Waals surface area contributed by atoms with Gasteiger partial charge in [-0.1, -0.05) is 133 Å². The van der Waals surface area contributed by atoms with E-state index in [1.807, 2.05) is 60.7 Å². The van der Waals surface area contributed by atoms with Crippen molar-refractivity contribution in [3.05, 3.63) is 178 Å². The van der Waals surface area contributed by atoms with E-state index in [0.29, 0.717) is 23.3 Å². The van der Waals surface area contributed by atoms with E-state index in [4.69, 9.17) is 33.2 Å². The second kappa shape index (κ2) is 11.5. The average molecular weight is 696 g/mol. The van der Waals surface area contributed by atoms with E-state index in [1.165, 1.54) is 22.3 Å². The third kappa shape index (κ3) is 4.57. The second-order valence-corrected chi connectivity index (χ2v) is 13.3. The lowest BCUT2D eigenvalue weighted by Gasteiger charge is -2.31. The molecule has 0 fully saturated rings. The average Bonchev–Trinajstić information content (AvgIpc) is 3.65. The highest BCUT2D eigenvalue weighted by Crippen LogP contribution is 2.63. The summed E-state index contributed by atoms with van der Waals surface area (Å²) in [7, 11) is 0. The molecule has 2 heterocycles. The van der Waals surface area contributed by atoms with Gasteiger partial charge in [0.25, 0.3) is 0 Å². The molecule has 2 aromatic heterocycles. The van der Waals surface area contributed by atoms with E-state index in [0.717, 1.165) is 44.5 Å². The van der Waals surface area contributed by atoms with Crippen LogP contribution in [-0.2, 0) is 5.41 Å². The molecule has 1 spiro atoms. The molecule has 2 aliphatic carbocycles. The summed E-state index contributed by atoms with van der Waals surface area (Å²) in [4.78, 5) is 27.9. The number of fused-ring (bicyclic) bond motifs is 10. The van der Waals surface area contributed by atoms with Crippen molar-refractivity contribution in [3.8, 4) is 67.8 Å². The Kier molecular flexibility index (Phi) is 6.71. The predicted molar refractivity (Wildman–Crippen MR) is 201 cm³/mol. The number of nitrogens with zero attached hydrogens (tertiary/aromatic N) is 6. The molecule has 6 nitrogen and oxygen atoms in total. The third-order valence-electron chi connectivity index (χ3n) is 9.89. The largest absolute Gasteiger partial charge is 0.226 e. The zero-order valence-electron chi connectivity index (χ0n) is 26.8. The van der Waals surface area contributed by atoms with Crippen LogP contribution in [0.2, 0.25) is 10.6 Å². The molecule has 10 rings (SSSR count). The zero-order chi connectivity index (χ0) is 34.1. The van der Waals surface area contributed by atoms with Gasteiger partial charge in [-0.15, -0.1) is 0 Å². The maximum absolute atomic E-state index is 6.54. The lowest BCUT2D eigenvalue weighted by molar-refractivity contribution is 0.794. The number of rotatable bonds is 4. The lowest BCUT2D eigenvalue weighted by atomic mass is 9.70. The summed E-state index contributed by atoms with van der Waals surface area (Å²) in [5.74, 6) is 2.07. The summed E-state index contributed by atoms with van der Waals surface area (Å²) in [6.45, 7) is 0. The van der Waals surface area contributed by atoms with E-state index in [2.05, 4.69) is 105 Å². The van der Waals surface area contributed by atoms with Crippen LogP contribution in [0, 0.1) is 0 Å². The minimum absolute atomic E-state index is 0.143. The number of aromatic nitrogens is 6. The molecule has 2 aliphatic rings. The highest BCUT2D eigenvalue weighted by molar-refractivity contribution is 6.28. The van der Waals surface area contributed by atoms with Gasteiger partial charge in [-0.25, -0.2) is 9.97 Å². The maximum atomic E-state index is 6.54. The van der Waals surface area contributed by atoms with Gasteiger partial charge in [0, 0.05) is 22.3 Å². The van der Waals surface area contributed by atoms with Crippen LogP contribution in [0.15, 0.2) is 146 Å². The van der Waals surface area contributed by atoms with E-state index in [-0.39, 0.29) is 10.6 Å². The number of hydrogen-bond donors (Lipinski definition) is 0. The summed E-state index contributed by atoms with van der Waals surface area (Å²) in [5, 5.41) is 0.286. The summed E-state index contributed by atoms with van der Waals surface area (Å²) in [6, 6.07) is 49.9. The fraction of sp³-hybridized carbons (Fsp3) is 0.0233. The zero-order valence-corrected chi connectivity index (χ0v) is 28.3. The first-order chi connectivity index (χ1) is 25.1. The second-order valence-electron chi connectivity index (χ2n) is 12.6. The van der Waals surface area contributed by atoms with Crippen molar-refractivity contribution >= 4 is 23.2 Å². The van der Waals surface area contributed by atoms with Gasteiger partial charge < -0.3 is 0 Å². The van der Waals surface area contributed by atoms with Gasteiger partial charge in [0.05, 0.1) is 5.41 Å². The Bertz CT molecular complexity index is 2490. The van der Waals surface area contributed by atoms with Gasteiger partial charge in [0.1, 0.15) is 0 Å². The van der Waals surface area contributed by atoms with Crippen LogP contribution >= 0.6 is 23.2 Å². The van der Waals surface area contributed by atoms with Crippen LogP contribution in [0.5, 0.6) is 0 Å². The normalized spacial score (nSPS) is 13.1. The van der Waals surface area contributed by atoms with E-state index >= 15 is 0 Å². The molecule has 0 N–H and O–H groups in total. The molecule has 0 amide bonds. The van der Waals surface area contributed by atoms with Crippen LogP contribution in [0.4, 0.5) is 0 Å². The molecule has 0 atom stereocenters. The molecule has 0 saturated heterocycles. The Balaban J connectivity index is 1.22. The fourth-order valence-electron chi connectivity index (χ4n) is 7.81. The van der Waals surface area contributed by atoms with Crippen LogP contribution in [-0.4, -0.2) is 29.9 Å². The first-order valence-electron chi connectivity index (χ1n) is 16.5. The Morgan fingerprint density at radius 1 is 0.314 bits per heavy atom. The molecule has 8 aromatic rings. The van der Waals surface area contributed by atoms with Gasteiger partial charge in [-0.2, -0.15) is 19.9 Å². The molecule has 0 bridgehead atoms. The summed E-state index contributed by atoms with van der Waals surface area (Å²) in [5.41, 5.74) is 12.2. The Hall–Kier alpha value is -6.08. The molecule has 240 valence electrons. The van der Waals surface area contributed by atoms with Crippen LogP contribution in [0.3, 0.4) is 0 Å². The molecular weight excluding hydrogens is 671 g/mol. The van der Waals surface area contributed by atoms with Gasteiger partial charge in [0.15, 0.2) is 23.3 Å². The molecule has 6 aromatic carbocycles. The van der Waals surface area contributed by atoms with Crippen molar-refractivity contribution in [2.45, 2.75) is 5.41 Å². The smallest absolute Gasteiger partial charge is 0.208 e. The highest BCUT2D eigenvalue weighted by atomic mass is 35.5. The fourth-order valence-corrected chi connectivity index (χ4v) is 8.13. The first kappa shape index (κ1) is 29.8. The van der Waals surface area contributed by atoms with Gasteiger partial charge in [-0.05, 0) is 79.8 Å². The van der Waals surface area contributed by atoms with Gasteiger partial charge >= 0.3 is 0 Å². The van der Waals surface area contributed by atoms with Crippen LogP contribution < -0.4 is 0 Å². The quantitative estimate of drug-likeness (QED) is 0.182. The van der Waals surface area contributed by atoms with Gasteiger partial charge in [-0.3, -0.25) is 0 Å². The topological polar surface area (TPSA) is 77.3 Å². The summed E-state index contributed by atoms with van der Waals surface area (Å²) >= 11 is 13.1. The molecular formula is C43H24Cl2N6. The van der Waals surface area contributed by atoms with Crippen molar-refractivity contribution in [2.24, 2.45) is 0 Å². The summed E-state index contributed by atoms with van der Waals surface area (Å²) in [6.07, 6.45) is 0. The highest BCUT2D eigenvalue weighted by Gasteiger charge is 2.51. The van der Waals surface area contributed by atoms with E-state index in [1.54, 1.807) is 0 Å². The van der Waals surface area contributed by atoms with Crippen LogP contribution in [0.25, 0.3) is 67.8 Å². The Morgan fingerprint density at radius 2 is 0.667 bits per heavy atom. The predicted octanol–water partition coefficient (Wildman–Crippen LogP) is 10.4. The maximum Gasteiger partial charge on any atom is 0.226 e. The standard InChI is InChI=1S/C43H24Cl2N6/c44-41-48-37(25-11-3-1-4-12-25)46-39(50-41)27-19-21-31-29-15-7-9-17-33(29)43(35(31)23-27)34-18-10-8-16-30(34)32-22-20-28(24-36(32)43)40-47-38(49-42(45)51-40)26-13-5-2-6-14-26/h1-24H. The molecule has 8 heteroatoms.